The third-order valence-electron chi connectivity index (χ3n) is 14.7. The lowest BCUT2D eigenvalue weighted by Gasteiger charge is -2.56. The van der Waals surface area contributed by atoms with E-state index in [1.807, 2.05) is 0 Å². The van der Waals surface area contributed by atoms with E-state index in [0.717, 1.165) is 35.5 Å². The van der Waals surface area contributed by atoms with E-state index in [0.29, 0.717) is 16.2 Å². The van der Waals surface area contributed by atoms with Gasteiger partial charge >= 0.3 is 0 Å². The molecule has 302 valence electrons. The van der Waals surface area contributed by atoms with E-state index < -0.39 is 0 Å². The number of hydrogen-bond acceptors (Lipinski definition) is 0. The van der Waals surface area contributed by atoms with Crippen molar-refractivity contribution in [2.24, 2.45) is 51.8 Å². The minimum Gasteiger partial charge on any atom is -0.0651 e. The Bertz CT molecular complexity index is 1030. The first-order valence-corrected chi connectivity index (χ1v) is 22.9. The summed E-state index contributed by atoms with van der Waals surface area (Å²) >= 11 is 0. The Kier molecular flexibility index (Phi) is 21.6. The van der Waals surface area contributed by atoms with E-state index in [2.05, 4.69) is 152 Å². The molecule has 0 N–H and O–H groups in total. The molecule has 0 amide bonds. The van der Waals surface area contributed by atoms with Gasteiger partial charge in [-0.05, 0) is 142 Å². The van der Waals surface area contributed by atoms with Gasteiger partial charge in [-0.3, -0.25) is 0 Å². The fourth-order valence-electron chi connectivity index (χ4n) is 12.4. The Hall–Kier alpha value is -0.780. The first-order valence-electron chi connectivity index (χ1n) is 22.9. The van der Waals surface area contributed by atoms with Gasteiger partial charge in [0.2, 0.25) is 0 Å². The van der Waals surface area contributed by atoms with E-state index in [1.165, 1.54) is 83.5 Å². The third kappa shape index (κ3) is 11.6. The Labute approximate surface area is 325 Å². The van der Waals surface area contributed by atoms with Gasteiger partial charge in [0.05, 0.1) is 0 Å². The van der Waals surface area contributed by atoms with E-state index in [1.54, 1.807) is 33.4 Å². The van der Waals surface area contributed by atoms with Crippen LogP contribution in [0.1, 0.15) is 237 Å². The van der Waals surface area contributed by atoms with Gasteiger partial charge in [0.15, 0.2) is 0 Å². The summed E-state index contributed by atoms with van der Waals surface area (Å²) in [5, 5.41) is 0. The van der Waals surface area contributed by atoms with Crippen molar-refractivity contribution in [1.82, 2.24) is 0 Å². The molecule has 0 aromatic heterocycles. The lowest BCUT2D eigenvalue weighted by molar-refractivity contribution is -0.0763. The largest absolute Gasteiger partial charge is 0.0651 e. The zero-order valence-electron chi connectivity index (χ0n) is 39.7. The van der Waals surface area contributed by atoms with Crippen LogP contribution in [0.4, 0.5) is 0 Å². The molecule has 1 aromatic carbocycles. The zero-order valence-corrected chi connectivity index (χ0v) is 39.7. The highest BCUT2D eigenvalue weighted by molar-refractivity contribution is 5.55. The van der Waals surface area contributed by atoms with Crippen molar-refractivity contribution in [3.8, 4) is 0 Å². The molecule has 1 saturated carbocycles. The van der Waals surface area contributed by atoms with Gasteiger partial charge in [0.25, 0.3) is 0 Å². The molecule has 51 heavy (non-hydrogen) atoms. The maximum Gasteiger partial charge on any atom is -0.0126 e. The lowest BCUT2D eigenvalue weighted by atomic mass is 9.49. The van der Waals surface area contributed by atoms with Crippen LogP contribution in [0.3, 0.4) is 0 Å². The Morgan fingerprint density at radius 2 is 0.608 bits per heavy atom. The number of hydrogen-bond donors (Lipinski definition) is 0. The molecule has 1 aliphatic carbocycles. The maximum absolute atomic E-state index is 2.49. The van der Waals surface area contributed by atoms with Crippen LogP contribution < -0.4 is 0 Å². The minimum absolute atomic E-state index is 0.247. The zero-order chi connectivity index (χ0) is 40.1. The second-order valence-corrected chi connectivity index (χ2v) is 19.6. The van der Waals surface area contributed by atoms with E-state index >= 15 is 0 Å². The predicted molar refractivity (Wildman–Crippen MR) is 237 cm³/mol. The van der Waals surface area contributed by atoms with Crippen molar-refractivity contribution in [3.05, 3.63) is 33.4 Å². The van der Waals surface area contributed by atoms with Crippen LogP contribution in [0, 0.1) is 51.8 Å². The van der Waals surface area contributed by atoms with Crippen molar-refractivity contribution in [3.63, 3.8) is 0 Å². The molecule has 0 radical (unpaired) electrons. The summed E-state index contributed by atoms with van der Waals surface area (Å²) in [6.07, 6.45) is 16.7. The average molecular weight is 711 g/mol. The average Bonchev–Trinajstić information content (AvgIpc) is 3.08. The maximum atomic E-state index is 2.49. The van der Waals surface area contributed by atoms with Crippen LogP contribution in [0.25, 0.3) is 0 Å². The molecule has 1 aliphatic rings. The quantitative estimate of drug-likeness (QED) is 0.191. The highest BCUT2D eigenvalue weighted by atomic mass is 14.5. The second-order valence-electron chi connectivity index (χ2n) is 19.6. The van der Waals surface area contributed by atoms with Gasteiger partial charge in [-0.1, -0.05) is 184 Å². The summed E-state index contributed by atoms with van der Waals surface area (Å²) in [6, 6.07) is 0. The molecule has 0 bridgehead atoms. The van der Waals surface area contributed by atoms with Crippen molar-refractivity contribution < 1.29 is 0 Å². The van der Waals surface area contributed by atoms with Crippen LogP contribution in [0.2, 0.25) is 0 Å². The SMILES string of the molecule is CCC(CC)(CC)C(C)(C)C.CCC1C(CC)C(CC)C(C(C)(C)C)C(CC)C1CC.CCc1c(CC)c(CC)c(C(C)(C)C)c(CC)c1CC. The Balaban J connectivity index is 0.000000770. The van der Waals surface area contributed by atoms with Gasteiger partial charge in [-0.2, -0.15) is 0 Å². The second kappa shape index (κ2) is 21.9. The van der Waals surface area contributed by atoms with Gasteiger partial charge in [-0.15, -0.1) is 0 Å². The smallest absolute Gasteiger partial charge is 0.0126 e. The molecule has 0 nitrogen and oxygen atoms in total. The lowest BCUT2D eigenvalue weighted by Crippen LogP contribution is -2.50. The van der Waals surface area contributed by atoms with Gasteiger partial charge in [0, 0.05) is 0 Å². The molecule has 0 aliphatic heterocycles. The Morgan fingerprint density at radius 1 is 0.353 bits per heavy atom. The summed E-state index contributed by atoms with van der Waals surface area (Å²) in [4.78, 5) is 0. The first-order chi connectivity index (χ1) is 23.7. The van der Waals surface area contributed by atoms with Gasteiger partial charge in [0.1, 0.15) is 0 Å². The van der Waals surface area contributed by atoms with Crippen molar-refractivity contribution in [1.29, 1.82) is 0 Å². The van der Waals surface area contributed by atoms with Crippen molar-refractivity contribution in [2.45, 2.75) is 241 Å². The highest BCUT2D eigenvalue weighted by Crippen LogP contribution is 2.57. The van der Waals surface area contributed by atoms with E-state index in [-0.39, 0.29) is 5.41 Å². The van der Waals surface area contributed by atoms with Gasteiger partial charge < -0.3 is 0 Å². The van der Waals surface area contributed by atoms with Crippen LogP contribution in [0.5, 0.6) is 0 Å². The molecule has 4 atom stereocenters. The van der Waals surface area contributed by atoms with Crippen LogP contribution in [-0.2, 0) is 37.5 Å². The molecule has 1 aromatic rings. The minimum atomic E-state index is 0.247. The molecule has 2 rings (SSSR count). The highest BCUT2D eigenvalue weighted by Gasteiger charge is 2.50. The van der Waals surface area contributed by atoms with Gasteiger partial charge in [-0.25, -0.2) is 0 Å². The third-order valence-corrected chi connectivity index (χ3v) is 14.7. The first kappa shape index (κ1) is 50.2. The van der Waals surface area contributed by atoms with E-state index in [9.17, 15) is 0 Å². The predicted octanol–water partition coefficient (Wildman–Crippen LogP) is 16.8. The topological polar surface area (TPSA) is 0 Å². The molecule has 0 saturated heterocycles. The standard InChI is InChI=1S/C20H40.C20H34.C11H24/c2*1-9-14-15(10-2)17(12-4)19(20(6,7)8)18(13-5)16(14)11-3;1-7-11(8-2,9-3)10(4,5)6/h14-19H,9-13H2,1-8H3;9-13H2,1-8H3;7-9H2,1-6H3. The Morgan fingerprint density at radius 3 is 0.765 bits per heavy atom. The van der Waals surface area contributed by atoms with Crippen LogP contribution >= 0.6 is 0 Å². The van der Waals surface area contributed by atoms with Crippen LogP contribution in [0.15, 0.2) is 0 Å². The fourth-order valence-corrected chi connectivity index (χ4v) is 12.4. The van der Waals surface area contributed by atoms with E-state index in [4.69, 9.17) is 0 Å². The molecule has 0 heteroatoms. The summed E-state index contributed by atoms with van der Waals surface area (Å²) in [5.41, 5.74) is 11.6. The number of benzene rings is 1. The number of rotatable bonds is 13. The fraction of sp³-hybridized carbons (Fsp3) is 0.882. The summed E-state index contributed by atoms with van der Waals surface area (Å²) in [6.45, 7) is 52.5. The van der Waals surface area contributed by atoms with Crippen molar-refractivity contribution in [2.75, 3.05) is 0 Å². The molecule has 1 fully saturated rings. The normalized spacial score (nSPS) is 22.9. The molecular weight excluding hydrogens is 613 g/mol. The molecule has 4 unspecified atom stereocenters. The van der Waals surface area contributed by atoms with Crippen molar-refractivity contribution >= 4 is 0 Å². The monoisotopic (exact) mass is 711 g/mol. The summed E-state index contributed by atoms with van der Waals surface area (Å²) < 4.78 is 0. The molecular formula is C51H98. The summed E-state index contributed by atoms with van der Waals surface area (Å²) in [7, 11) is 0. The molecule has 0 spiro atoms. The van der Waals surface area contributed by atoms with Crippen LogP contribution in [-0.4, -0.2) is 0 Å². The molecule has 0 heterocycles. The summed E-state index contributed by atoms with van der Waals surface area (Å²) in [5.74, 6) is 5.69.